The van der Waals surface area contributed by atoms with Crippen LogP contribution in [0.4, 0.5) is 17.5 Å². The van der Waals surface area contributed by atoms with E-state index in [1.54, 1.807) is 50.6 Å². The molecular weight excluding hydrogens is 1030 g/mol. The van der Waals surface area contributed by atoms with Gasteiger partial charge in [0.15, 0.2) is 5.65 Å². The zero-order valence-corrected chi connectivity index (χ0v) is 44.0. The molecular formula is C60H48ClN15O4. The molecule has 3 N–H and O–H groups in total. The van der Waals surface area contributed by atoms with Crippen molar-refractivity contribution < 1.29 is 19.0 Å². The summed E-state index contributed by atoms with van der Waals surface area (Å²) in [6.45, 7) is 0. The lowest BCUT2D eigenvalue weighted by molar-refractivity contribution is 0.0958. The maximum absolute atomic E-state index is 14.1. The molecule has 0 radical (unpaired) electrons. The number of rotatable bonds is 14. The number of hydrogen-bond acceptors (Lipinski definition) is 15. The van der Waals surface area contributed by atoms with Crippen LogP contribution in [0.25, 0.3) is 67.4 Å². The molecule has 4 aromatic carbocycles. The lowest BCUT2D eigenvalue weighted by Gasteiger charge is -2.23. The van der Waals surface area contributed by atoms with E-state index in [0.717, 1.165) is 67.5 Å². The van der Waals surface area contributed by atoms with Gasteiger partial charge < -0.3 is 24.8 Å². The van der Waals surface area contributed by atoms with Crippen LogP contribution in [0.3, 0.4) is 0 Å². The van der Waals surface area contributed by atoms with Crippen molar-refractivity contribution in [2.24, 2.45) is 15.1 Å². The number of halogens is 1. The van der Waals surface area contributed by atoms with Gasteiger partial charge in [0.2, 0.25) is 5.88 Å². The summed E-state index contributed by atoms with van der Waals surface area (Å²) < 4.78 is 22.6. The SMILES string of the molecule is COc1ccc(-c2c(Nc3ccccn3)nc3c(-c4ccccc4)c(-c4ccccn4)nn3c2OC)cc1.COc1ccc(C2=C(Nc3ccccn3)Cc3c(-c4ccccc4)c(-c4ccccn4)nn3C2=O)cc1.N=NN=NCl. The minimum absolute atomic E-state index is 0.218. The normalized spacial score (nSPS) is 11.7. The summed E-state index contributed by atoms with van der Waals surface area (Å²) in [6.07, 6.45) is 7.40. The molecule has 80 heavy (non-hydrogen) atoms. The van der Waals surface area contributed by atoms with Gasteiger partial charge in [0, 0.05) is 42.5 Å². The minimum Gasteiger partial charge on any atom is -0.497 e. The lowest BCUT2D eigenvalue weighted by Crippen LogP contribution is -2.26. The van der Waals surface area contributed by atoms with Crippen LogP contribution in [-0.4, -0.2) is 71.6 Å². The molecule has 0 bridgehead atoms. The number of hydrogen-bond donors (Lipinski definition) is 3. The molecule has 0 saturated carbocycles. The molecule has 0 spiro atoms. The van der Waals surface area contributed by atoms with Crippen LogP contribution in [0.1, 0.15) is 16.1 Å². The van der Waals surface area contributed by atoms with Gasteiger partial charge in [-0.2, -0.15) is 24.9 Å². The van der Waals surface area contributed by atoms with Gasteiger partial charge in [0.25, 0.3) is 5.91 Å². The predicted molar refractivity (Wildman–Crippen MR) is 307 cm³/mol. The Morgan fingerprint density at radius 1 is 0.537 bits per heavy atom. The zero-order chi connectivity index (χ0) is 55.2. The van der Waals surface area contributed by atoms with Crippen LogP contribution in [0.5, 0.6) is 17.4 Å². The van der Waals surface area contributed by atoms with Crippen LogP contribution < -0.4 is 24.8 Å². The Balaban J connectivity index is 0.000000166. The molecule has 0 unspecified atom stereocenters. The van der Waals surface area contributed by atoms with E-state index in [4.69, 9.17) is 34.9 Å². The molecule has 11 aromatic rings. The summed E-state index contributed by atoms with van der Waals surface area (Å²) in [6, 6.07) is 58.1. The number of pyridine rings is 4. The van der Waals surface area contributed by atoms with Crippen molar-refractivity contribution in [1.29, 1.82) is 5.53 Å². The fraction of sp³-hybridized carbons (Fsp3) is 0.0667. The number of nitrogens with zero attached hydrogens (tertiary/aromatic N) is 12. The number of carbonyl (C=O) groups is 1. The molecule has 1 aliphatic rings. The Bertz CT molecular complexity index is 3950. The molecule has 1 aliphatic heterocycles. The third kappa shape index (κ3) is 11.3. The molecule has 0 fully saturated rings. The van der Waals surface area contributed by atoms with E-state index in [9.17, 15) is 4.79 Å². The standard InChI is InChI=1S/C30H24N6O2.C30H23N5O2.ClHN4/c1-37-22-16-14-21(15-17-22)26-28(33-24-13-7-9-19-32-24)34-29-25(20-10-4-3-5-11-20)27(23-12-6-8-18-31-23)35-36(29)30(26)38-2;1-37-22-15-13-21(14-16-22)27-24(33-26-12-6-8-18-32-26)19-25-28(20-9-3-2-4-10-20)29(34-35(25)30(27)36)23-11-5-7-17-31-23;1-3-5-4-2/h3-19H,1-2H3,(H,32,33,34);2-18H,19H2,1H3,(H,32,33);2H. The Morgan fingerprint density at radius 3 is 1.52 bits per heavy atom. The van der Waals surface area contributed by atoms with Crippen molar-refractivity contribution in [1.82, 2.24) is 44.3 Å². The van der Waals surface area contributed by atoms with Gasteiger partial charge in [-0.1, -0.05) is 114 Å². The maximum atomic E-state index is 14.1. The van der Waals surface area contributed by atoms with Crippen molar-refractivity contribution in [3.8, 4) is 73.5 Å². The van der Waals surface area contributed by atoms with Crippen molar-refractivity contribution in [2.45, 2.75) is 6.42 Å². The molecule has 0 amide bonds. The topological polar surface area (TPSA) is 229 Å². The summed E-state index contributed by atoms with van der Waals surface area (Å²) in [7, 11) is 4.90. The second kappa shape index (κ2) is 24.9. The number of fused-ring (bicyclic) bond motifs is 2. The number of ether oxygens (including phenoxy) is 3. The van der Waals surface area contributed by atoms with Gasteiger partial charge in [0.1, 0.15) is 40.3 Å². The van der Waals surface area contributed by atoms with Crippen LogP contribution in [0.15, 0.2) is 228 Å². The van der Waals surface area contributed by atoms with E-state index in [1.165, 1.54) is 4.68 Å². The van der Waals surface area contributed by atoms with Crippen LogP contribution >= 0.6 is 11.8 Å². The number of benzene rings is 4. The van der Waals surface area contributed by atoms with Gasteiger partial charge in [0.05, 0.1) is 66.9 Å². The third-order valence-corrected chi connectivity index (χ3v) is 12.6. The van der Waals surface area contributed by atoms with Gasteiger partial charge in [-0.15, -0.1) is 0 Å². The van der Waals surface area contributed by atoms with Gasteiger partial charge in [-0.05, 0) is 105 Å². The monoisotopic (exact) mass is 1080 g/mol. The number of allylic oxidation sites excluding steroid dienone is 2. The summed E-state index contributed by atoms with van der Waals surface area (Å²) in [4.78, 5) is 37.3. The van der Waals surface area contributed by atoms with Gasteiger partial charge in [-0.3, -0.25) is 14.8 Å². The highest BCUT2D eigenvalue weighted by molar-refractivity contribution is 6.23. The first kappa shape index (κ1) is 52.6. The first-order chi connectivity index (χ1) is 39.4. The first-order valence-electron chi connectivity index (χ1n) is 24.8. The quantitative estimate of drug-likeness (QED) is 0.0680. The van der Waals surface area contributed by atoms with E-state index in [0.29, 0.717) is 58.1 Å². The van der Waals surface area contributed by atoms with Crippen molar-refractivity contribution >= 4 is 46.4 Å². The zero-order valence-electron chi connectivity index (χ0n) is 43.2. The molecule has 0 atom stereocenters. The van der Waals surface area contributed by atoms with Crippen LogP contribution in [0, 0.1) is 5.53 Å². The predicted octanol–water partition coefficient (Wildman–Crippen LogP) is 13.6. The third-order valence-electron chi connectivity index (χ3n) is 12.6. The molecule has 12 rings (SSSR count). The summed E-state index contributed by atoms with van der Waals surface area (Å²) in [5.41, 5.74) is 17.5. The van der Waals surface area contributed by atoms with Gasteiger partial charge >= 0.3 is 0 Å². The Kier molecular flexibility index (Phi) is 16.4. The molecule has 7 aromatic heterocycles. The Morgan fingerprint density at radius 2 is 1.04 bits per heavy atom. The number of nitrogens with one attached hydrogen (secondary N) is 3. The van der Waals surface area contributed by atoms with Crippen molar-refractivity contribution in [3.63, 3.8) is 0 Å². The molecule has 20 heteroatoms. The number of aromatic nitrogens is 9. The number of methoxy groups -OCH3 is 3. The van der Waals surface area contributed by atoms with E-state index >= 15 is 0 Å². The largest absolute Gasteiger partial charge is 0.497 e. The highest BCUT2D eigenvalue weighted by Crippen LogP contribution is 2.43. The van der Waals surface area contributed by atoms with E-state index in [2.05, 4.69) is 57.4 Å². The number of anilines is 3. The van der Waals surface area contributed by atoms with Crippen LogP contribution in [0.2, 0.25) is 0 Å². The van der Waals surface area contributed by atoms with Crippen molar-refractivity contribution in [3.05, 3.63) is 224 Å². The molecule has 0 saturated heterocycles. The minimum atomic E-state index is -0.218. The highest BCUT2D eigenvalue weighted by atomic mass is 35.5. The molecule has 8 heterocycles. The molecule has 0 aliphatic carbocycles. The Hall–Kier alpha value is -10.8. The fourth-order valence-corrected chi connectivity index (χ4v) is 9.10. The average Bonchev–Trinajstić information content (AvgIpc) is 4.30. The van der Waals surface area contributed by atoms with E-state index < -0.39 is 0 Å². The lowest BCUT2D eigenvalue weighted by atomic mass is 9.93. The maximum Gasteiger partial charge on any atom is 0.280 e. The average molecular weight is 1080 g/mol. The number of carbonyl (C=O) groups excluding carboxylic acids is 1. The second-order valence-electron chi connectivity index (χ2n) is 17.3. The van der Waals surface area contributed by atoms with Crippen LogP contribution in [-0.2, 0) is 6.42 Å². The highest BCUT2D eigenvalue weighted by Gasteiger charge is 2.34. The van der Waals surface area contributed by atoms with E-state index in [-0.39, 0.29) is 5.91 Å². The summed E-state index contributed by atoms with van der Waals surface area (Å²) in [5.74, 6) is 3.69. The summed E-state index contributed by atoms with van der Waals surface area (Å²) >= 11 is 4.55. The van der Waals surface area contributed by atoms with E-state index in [1.807, 2.05) is 182 Å². The smallest absolute Gasteiger partial charge is 0.280 e. The molecule has 394 valence electrons. The van der Waals surface area contributed by atoms with Crippen molar-refractivity contribution in [2.75, 3.05) is 32.0 Å². The van der Waals surface area contributed by atoms with Gasteiger partial charge in [-0.25, -0.2) is 15.0 Å². The molecule has 19 nitrogen and oxygen atoms in total. The fourth-order valence-electron chi connectivity index (χ4n) is 9.07. The second-order valence-corrected chi connectivity index (χ2v) is 17.4. The summed E-state index contributed by atoms with van der Waals surface area (Å²) in [5, 5.41) is 21.7. The Labute approximate surface area is 463 Å². The first-order valence-corrected chi connectivity index (χ1v) is 25.1.